The van der Waals surface area contributed by atoms with E-state index in [2.05, 4.69) is 176 Å². The van der Waals surface area contributed by atoms with Crippen molar-refractivity contribution in [2.75, 3.05) is 0 Å². The normalized spacial score (nSPS) is 12.1. The van der Waals surface area contributed by atoms with E-state index in [4.69, 9.17) is 13.3 Å². The number of hydrogen-bond acceptors (Lipinski definition) is 3. The summed E-state index contributed by atoms with van der Waals surface area (Å²) in [6, 6.07) is 68.9. The first-order chi connectivity index (χ1) is 29.3. The number of furan rings is 3. The van der Waals surface area contributed by atoms with Crippen LogP contribution >= 0.6 is 0 Å². The average molecular weight is 753 g/mol. The Hall–Kier alpha value is -7.88. The molecule has 13 rings (SSSR count). The second-order valence-corrected chi connectivity index (χ2v) is 15.4. The highest BCUT2D eigenvalue weighted by Gasteiger charge is 2.25. The van der Waals surface area contributed by atoms with E-state index in [1.807, 2.05) is 18.2 Å². The van der Waals surface area contributed by atoms with E-state index in [-0.39, 0.29) is 0 Å². The Balaban J connectivity index is 1.10. The molecule has 274 valence electrons. The Labute approximate surface area is 337 Å². The van der Waals surface area contributed by atoms with Crippen molar-refractivity contribution in [2.24, 2.45) is 0 Å². The van der Waals surface area contributed by atoms with Gasteiger partial charge in [0.25, 0.3) is 0 Å². The fraction of sp³-hybridized carbons (Fsp3) is 0. The van der Waals surface area contributed by atoms with Gasteiger partial charge in [0.2, 0.25) is 0 Å². The first-order valence-electron chi connectivity index (χ1n) is 20.1. The van der Waals surface area contributed by atoms with E-state index in [1.165, 1.54) is 38.2 Å². The summed E-state index contributed by atoms with van der Waals surface area (Å²) in [5.41, 5.74) is 14.0. The van der Waals surface area contributed by atoms with Crippen LogP contribution in [0.1, 0.15) is 0 Å². The molecule has 3 aromatic heterocycles. The van der Waals surface area contributed by atoms with Crippen molar-refractivity contribution in [3.8, 4) is 44.5 Å². The molecule has 0 fully saturated rings. The maximum Gasteiger partial charge on any atom is 0.144 e. The summed E-state index contributed by atoms with van der Waals surface area (Å²) in [5, 5.41) is 11.4. The smallest absolute Gasteiger partial charge is 0.144 e. The summed E-state index contributed by atoms with van der Waals surface area (Å²) < 4.78 is 20.2. The van der Waals surface area contributed by atoms with Crippen molar-refractivity contribution < 1.29 is 13.3 Å². The molecule has 0 atom stereocenters. The molecule has 0 aliphatic heterocycles. The highest BCUT2D eigenvalue weighted by Crippen LogP contribution is 2.50. The Bertz CT molecular complexity index is 3780. The maximum absolute atomic E-state index is 6.98. The van der Waals surface area contributed by atoms with Crippen molar-refractivity contribution in [1.29, 1.82) is 0 Å². The van der Waals surface area contributed by atoms with E-state index < -0.39 is 0 Å². The third kappa shape index (κ3) is 4.64. The van der Waals surface area contributed by atoms with E-state index in [1.54, 1.807) is 0 Å². The minimum Gasteiger partial charge on any atom is -0.456 e. The molecule has 0 spiro atoms. The van der Waals surface area contributed by atoms with Gasteiger partial charge in [-0.3, -0.25) is 0 Å². The van der Waals surface area contributed by atoms with Gasteiger partial charge in [0, 0.05) is 43.4 Å². The number of fused-ring (bicyclic) bond motifs is 11. The first-order valence-corrected chi connectivity index (χ1v) is 20.1. The maximum atomic E-state index is 6.98. The SMILES string of the molecule is c1ccc(-c2c3ccccc3c(-c3ccc(-c4ccc(-c5ccc6c(c5)oc5ccccc56)c5c4oc4ccccc45)c4oc5ccccc5c34)c3ccccc23)cc1. The van der Waals surface area contributed by atoms with Gasteiger partial charge in [-0.15, -0.1) is 0 Å². The molecule has 0 aliphatic carbocycles. The number of rotatable bonds is 4. The summed E-state index contributed by atoms with van der Waals surface area (Å²) in [7, 11) is 0. The van der Waals surface area contributed by atoms with Crippen LogP contribution in [-0.2, 0) is 0 Å². The van der Waals surface area contributed by atoms with Gasteiger partial charge < -0.3 is 13.3 Å². The Morgan fingerprint density at radius 2 is 0.661 bits per heavy atom. The van der Waals surface area contributed by atoms with Crippen LogP contribution in [0.25, 0.3) is 132 Å². The lowest BCUT2D eigenvalue weighted by Gasteiger charge is -2.18. The van der Waals surface area contributed by atoms with Crippen molar-refractivity contribution in [1.82, 2.24) is 0 Å². The largest absolute Gasteiger partial charge is 0.456 e. The molecule has 0 aliphatic rings. The third-order valence-corrected chi connectivity index (χ3v) is 12.3. The van der Waals surface area contributed by atoms with Crippen LogP contribution in [0.15, 0.2) is 207 Å². The molecule has 0 N–H and O–H groups in total. The summed E-state index contributed by atoms with van der Waals surface area (Å²) in [5.74, 6) is 0. The van der Waals surface area contributed by atoms with Crippen LogP contribution in [0, 0.1) is 0 Å². The molecule has 0 bridgehead atoms. The van der Waals surface area contributed by atoms with Crippen molar-refractivity contribution >= 4 is 87.4 Å². The third-order valence-electron chi connectivity index (χ3n) is 12.3. The summed E-state index contributed by atoms with van der Waals surface area (Å²) in [6.07, 6.45) is 0. The molecule has 3 heterocycles. The Kier molecular flexibility index (Phi) is 6.72. The predicted molar refractivity (Wildman–Crippen MR) is 245 cm³/mol. The van der Waals surface area contributed by atoms with Crippen LogP contribution in [0.5, 0.6) is 0 Å². The van der Waals surface area contributed by atoms with Gasteiger partial charge in [0.15, 0.2) is 0 Å². The zero-order chi connectivity index (χ0) is 38.6. The van der Waals surface area contributed by atoms with E-state index >= 15 is 0 Å². The van der Waals surface area contributed by atoms with Gasteiger partial charge >= 0.3 is 0 Å². The number of hydrogen-bond donors (Lipinski definition) is 0. The molecule has 3 heteroatoms. The fourth-order valence-corrected chi connectivity index (χ4v) is 9.76. The highest BCUT2D eigenvalue weighted by atomic mass is 16.3. The fourth-order valence-electron chi connectivity index (χ4n) is 9.76. The summed E-state index contributed by atoms with van der Waals surface area (Å²) in [6.45, 7) is 0. The molecule has 10 aromatic carbocycles. The van der Waals surface area contributed by atoms with Crippen molar-refractivity contribution in [3.05, 3.63) is 194 Å². The zero-order valence-electron chi connectivity index (χ0n) is 31.7. The number of para-hydroxylation sites is 3. The minimum atomic E-state index is 0.825. The lowest BCUT2D eigenvalue weighted by molar-refractivity contribution is 0.665. The van der Waals surface area contributed by atoms with Crippen LogP contribution < -0.4 is 0 Å². The van der Waals surface area contributed by atoms with Gasteiger partial charge in [0.1, 0.15) is 33.5 Å². The first kappa shape index (κ1) is 32.2. The molecule has 0 unspecified atom stereocenters. The van der Waals surface area contributed by atoms with E-state index in [0.717, 1.165) is 93.6 Å². The van der Waals surface area contributed by atoms with Gasteiger partial charge in [-0.1, -0.05) is 152 Å². The topological polar surface area (TPSA) is 39.4 Å². The lowest BCUT2D eigenvalue weighted by atomic mass is 9.84. The van der Waals surface area contributed by atoms with Gasteiger partial charge in [-0.2, -0.15) is 0 Å². The van der Waals surface area contributed by atoms with E-state index in [0.29, 0.717) is 0 Å². The monoisotopic (exact) mass is 752 g/mol. The molecule has 0 saturated heterocycles. The quantitative estimate of drug-likeness (QED) is 0.168. The molecule has 0 amide bonds. The highest BCUT2D eigenvalue weighted by molar-refractivity contribution is 6.27. The Morgan fingerprint density at radius 3 is 1.25 bits per heavy atom. The lowest BCUT2D eigenvalue weighted by Crippen LogP contribution is -1.92. The van der Waals surface area contributed by atoms with Crippen LogP contribution in [-0.4, -0.2) is 0 Å². The van der Waals surface area contributed by atoms with Gasteiger partial charge in [-0.25, -0.2) is 0 Å². The Morgan fingerprint density at radius 1 is 0.237 bits per heavy atom. The molecule has 13 aromatic rings. The average Bonchev–Trinajstić information content (AvgIpc) is 4.00. The summed E-state index contributed by atoms with van der Waals surface area (Å²) >= 11 is 0. The van der Waals surface area contributed by atoms with Gasteiger partial charge in [-0.05, 0) is 97.4 Å². The zero-order valence-corrected chi connectivity index (χ0v) is 31.7. The second kappa shape index (κ2) is 12.3. The van der Waals surface area contributed by atoms with E-state index in [9.17, 15) is 0 Å². The molecular weight excluding hydrogens is 721 g/mol. The number of benzene rings is 10. The van der Waals surface area contributed by atoms with Gasteiger partial charge in [0.05, 0.1) is 0 Å². The van der Waals surface area contributed by atoms with Crippen LogP contribution in [0.2, 0.25) is 0 Å². The summed E-state index contributed by atoms with van der Waals surface area (Å²) in [4.78, 5) is 0. The molecule has 3 nitrogen and oxygen atoms in total. The molecular formula is C56H32O3. The molecule has 59 heavy (non-hydrogen) atoms. The molecule has 0 saturated carbocycles. The minimum absolute atomic E-state index is 0.825. The van der Waals surface area contributed by atoms with Crippen molar-refractivity contribution in [2.45, 2.75) is 0 Å². The predicted octanol–water partition coefficient (Wildman–Crippen LogP) is 16.4. The second-order valence-electron chi connectivity index (χ2n) is 15.4. The standard InChI is InChI=1S/C56H32O3/c1-2-14-33(15-3-1)51-38-17-4-6-19-40(38)52(41-20-7-5-18-39(41)51)46-31-30-43(56-54(46)45-22-10-13-25-49(45)59-56)42-29-28-35(53-44-21-9-12-24-48(44)58-55(42)53)34-26-27-37-36-16-8-11-23-47(36)57-50(37)32-34/h1-32H. The van der Waals surface area contributed by atoms with Crippen molar-refractivity contribution in [3.63, 3.8) is 0 Å². The van der Waals surface area contributed by atoms with Crippen LogP contribution in [0.4, 0.5) is 0 Å². The molecule has 0 radical (unpaired) electrons. The van der Waals surface area contributed by atoms with Crippen LogP contribution in [0.3, 0.4) is 0 Å².